The van der Waals surface area contributed by atoms with Crippen LogP contribution in [0.25, 0.3) is 0 Å². The van der Waals surface area contributed by atoms with Gasteiger partial charge in [-0.25, -0.2) is 19.0 Å². The molecule has 47 heavy (non-hydrogen) atoms. The highest BCUT2D eigenvalue weighted by Crippen LogP contribution is 2.26. The highest BCUT2D eigenvalue weighted by Gasteiger charge is 2.24. The molecule has 4 heterocycles. The quantitative estimate of drug-likeness (QED) is 0.291. The van der Waals surface area contributed by atoms with E-state index in [9.17, 15) is 19.2 Å². The molecule has 0 radical (unpaired) electrons. The number of aryl methyl sites for hydroxylation is 2. The largest absolute Gasteiger partial charge is 0.497 e. The monoisotopic (exact) mass is 666 g/mol. The molecule has 2 saturated heterocycles. The van der Waals surface area contributed by atoms with Gasteiger partial charge in [-0.2, -0.15) is 0 Å². The van der Waals surface area contributed by atoms with Crippen LogP contribution >= 0.6 is 11.6 Å². The van der Waals surface area contributed by atoms with E-state index in [4.69, 9.17) is 16.3 Å². The Morgan fingerprint density at radius 1 is 0.596 bits per heavy atom. The fourth-order valence-electron chi connectivity index (χ4n) is 5.60. The Labute approximate surface area is 276 Å². The maximum atomic E-state index is 12.3. The first-order chi connectivity index (χ1) is 22.5. The van der Waals surface area contributed by atoms with E-state index in [2.05, 4.69) is 20.0 Å². The molecule has 2 aromatic heterocycles. The van der Waals surface area contributed by atoms with E-state index in [0.717, 1.165) is 57.5 Å². The standard InChI is InChI=1S/C16H21N5O3.C15H18ClN5O2/c1-18-15(22)14(17-19(2)16(18)23)21-10-8-20(9-11-21)12-4-6-13(24-3)7-5-12;1-18-14(22)13(17-19(2)15(18)23)21-9-7-20(8-10-21)12-6-4-3-5-11(12)16/h4-7H,8-11H2,1-3H3;3-6H,7-10H2,1-2H3. The van der Waals surface area contributed by atoms with Crippen LogP contribution in [0.3, 0.4) is 0 Å². The normalized spacial score (nSPS) is 14.9. The second-order valence-corrected chi connectivity index (χ2v) is 11.7. The van der Waals surface area contributed by atoms with Gasteiger partial charge in [0.1, 0.15) is 5.75 Å². The number of hydrogen-bond donors (Lipinski definition) is 0. The number of rotatable bonds is 5. The molecular formula is C31H39ClN10O5. The maximum absolute atomic E-state index is 12.3. The van der Waals surface area contributed by atoms with Crippen molar-refractivity contribution in [1.29, 1.82) is 0 Å². The number of methoxy groups -OCH3 is 1. The molecule has 250 valence electrons. The topological polar surface area (TPSA) is 136 Å². The van der Waals surface area contributed by atoms with Gasteiger partial charge in [-0.3, -0.25) is 18.7 Å². The zero-order chi connectivity index (χ0) is 33.8. The molecule has 0 aliphatic carbocycles. The van der Waals surface area contributed by atoms with Crippen LogP contribution in [0, 0.1) is 0 Å². The molecule has 0 saturated carbocycles. The van der Waals surface area contributed by atoms with Crippen molar-refractivity contribution in [2.45, 2.75) is 0 Å². The first kappa shape index (κ1) is 33.3. The molecule has 0 bridgehead atoms. The van der Waals surface area contributed by atoms with Crippen molar-refractivity contribution in [1.82, 2.24) is 28.7 Å². The summed E-state index contributed by atoms with van der Waals surface area (Å²) in [5.74, 6) is 1.47. The van der Waals surface area contributed by atoms with Crippen LogP contribution in [0.15, 0.2) is 67.7 Å². The van der Waals surface area contributed by atoms with Gasteiger partial charge in [0.2, 0.25) is 11.6 Å². The van der Waals surface area contributed by atoms with E-state index in [1.165, 1.54) is 23.5 Å². The van der Waals surface area contributed by atoms with Gasteiger partial charge < -0.3 is 24.3 Å². The average molecular weight is 667 g/mol. The molecular weight excluding hydrogens is 628 g/mol. The Morgan fingerprint density at radius 3 is 1.47 bits per heavy atom. The predicted octanol–water partition coefficient (Wildman–Crippen LogP) is 0.273. The second kappa shape index (κ2) is 14.2. The summed E-state index contributed by atoms with van der Waals surface area (Å²) in [6, 6.07) is 15.6. The number of benzene rings is 2. The summed E-state index contributed by atoms with van der Waals surface area (Å²) in [5, 5.41) is 8.98. The highest BCUT2D eigenvalue weighted by atomic mass is 35.5. The number of nitrogens with zero attached hydrogens (tertiary/aromatic N) is 10. The van der Waals surface area contributed by atoms with Gasteiger partial charge in [-0.1, -0.05) is 23.7 Å². The summed E-state index contributed by atoms with van der Waals surface area (Å²) in [4.78, 5) is 56.3. The molecule has 0 unspecified atom stereocenters. The van der Waals surface area contributed by atoms with Crippen LogP contribution < -0.4 is 46.8 Å². The summed E-state index contributed by atoms with van der Waals surface area (Å²) in [6.45, 7) is 5.66. The zero-order valence-corrected chi connectivity index (χ0v) is 27.9. The third-order valence-electron chi connectivity index (χ3n) is 8.40. The van der Waals surface area contributed by atoms with Gasteiger partial charge in [0.05, 0.1) is 17.8 Å². The minimum absolute atomic E-state index is 0.313. The summed E-state index contributed by atoms with van der Waals surface area (Å²) >= 11 is 6.24. The molecule has 16 heteroatoms. The SMILES string of the molecule is COc1ccc(N2CCN(c3nn(C)c(=O)n(C)c3=O)CC2)cc1.Cn1nc(N2CCN(c3ccccc3Cl)CC2)c(=O)n(C)c1=O. The Bertz CT molecular complexity index is 1950. The van der Waals surface area contributed by atoms with Gasteiger partial charge in [0.25, 0.3) is 11.1 Å². The summed E-state index contributed by atoms with van der Waals surface area (Å²) in [7, 11) is 7.69. The first-order valence-corrected chi connectivity index (χ1v) is 15.5. The minimum atomic E-state index is -0.423. The molecule has 6 rings (SSSR count). The van der Waals surface area contributed by atoms with Gasteiger partial charge in [0, 0.05) is 86.2 Å². The number of anilines is 4. The fraction of sp³-hybridized carbons (Fsp3) is 0.419. The lowest BCUT2D eigenvalue weighted by atomic mass is 10.2. The zero-order valence-electron chi connectivity index (χ0n) is 27.2. The van der Waals surface area contributed by atoms with Crippen molar-refractivity contribution >= 4 is 34.6 Å². The molecule has 2 aliphatic heterocycles. The van der Waals surface area contributed by atoms with Crippen molar-refractivity contribution in [3.05, 3.63) is 95.2 Å². The number of halogens is 1. The molecule has 15 nitrogen and oxygen atoms in total. The lowest BCUT2D eigenvalue weighted by Crippen LogP contribution is -2.51. The molecule has 2 aromatic carbocycles. The Balaban J connectivity index is 0.000000185. The van der Waals surface area contributed by atoms with Crippen LogP contribution in [-0.2, 0) is 28.2 Å². The first-order valence-electron chi connectivity index (χ1n) is 15.2. The number of para-hydroxylation sites is 1. The highest BCUT2D eigenvalue weighted by molar-refractivity contribution is 6.33. The lowest BCUT2D eigenvalue weighted by molar-refractivity contribution is 0.415. The van der Waals surface area contributed by atoms with Crippen LogP contribution in [-0.4, -0.2) is 88.2 Å². The van der Waals surface area contributed by atoms with Crippen molar-refractivity contribution in [3.63, 3.8) is 0 Å². The van der Waals surface area contributed by atoms with Crippen LogP contribution in [0.4, 0.5) is 23.0 Å². The van der Waals surface area contributed by atoms with E-state index < -0.39 is 11.4 Å². The maximum Gasteiger partial charge on any atom is 0.346 e. The van der Waals surface area contributed by atoms with E-state index in [0.29, 0.717) is 37.8 Å². The third kappa shape index (κ3) is 7.04. The lowest BCUT2D eigenvalue weighted by Gasteiger charge is -2.36. The number of aromatic nitrogens is 6. The average Bonchev–Trinajstić information content (AvgIpc) is 3.10. The van der Waals surface area contributed by atoms with Crippen molar-refractivity contribution in [2.24, 2.45) is 28.2 Å². The van der Waals surface area contributed by atoms with Crippen LogP contribution in [0.5, 0.6) is 5.75 Å². The number of hydrogen-bond acceptors (Lipinski definition) is 11. The fourth-order valence-corrected chi connectivity index (χ4v) is 5.85. The van der Waals surface area contributed by atoms with E-state index >= 15 is 0 Å². The van der Waals surface area contributed by atoms with Gasteiger partial charge in [0.15, 0.2) is 0 Å². The Kier molecular flexibility index (Phi) is 10.0. The number of ether oxygens (including phenoxy) is 1. The molecule has 0 N–H and O–H groups in total. The molecule has 2 fully saturated rings. The third-order valence-corrected chi connectivity index (χ3v) is 8.72. The smallest absolute Gasteiger partial charge is 0.346 e. The second-order valence-electron chi connectivity index (χ2n) is 11.3. The van der Waals surface area contributed by atoms with Gasteiger partial charge in [-0.05, 0) is 36.4 Å². The predicted molar refractivity (Wildman–Crippen MR) is 183 cm³/mol. The summed E-state index contributed by atoms with van der Waals surface area (Å²) in [5.41, 5.74) is 0.566. The Hall–Kier alpha value is -5.05. The molecule has 0 amide bonds. The van der Waals surface area contributed by atoms with Crippen LogP contribution in [0.1, 0.15) is 0 Å². The van der Waals surface area contributed by atoms with Crippen molar-refractivity contribution < 1.29 is 4.74 Å². The van der Waals surface area contributed by atoms with Crippen molar-refractivity contribution in [3.8, 4) is 5.75 Å². The van der Waals surface area contributed by atoms with E-state index in [-0.39, 0.29) is 11.1 Å². The van der Waals surface area contributed by atoms with Crippen LogP contribution in [0.2, 0.25) is 5.02 Å². The molecule has 2 aliphatic rings. The van der Waals surface area contributed by atoms with E-state index in [1.54, 1.807) is 21.2 Å². The number of piperazine rings is 2. The van der Waals surface area contributed by atoms with Gasteiger partial charge >= 0.3 is 11.4 Å². The summed E-state index contributed by atoms with van der Waals surface area (Å²) in [6.07, 6.45) is 0. The van der Waals surface area contributed by atoms with E-state index in [1.807, 2.05) is 58.3 Å². The molecule has 0 spiro atoms. The van der Waals surface area contributed by atoms with Crippen molar-refractivity contribution in [2.75, 3.05) is 79.1 Å². The molecule has 0 atom stereocenters. The minimum Gasteiger partial charge on any atom is -0.497 e. The Morgan fingerprint density at radius 2 is 1.02 bits per heavy atom. The summed E-state index contributed by atoms with van der Waals surface area (Å²) < 4.78 is 9.75. The molecule has 4 aromatic rings. The van der Waals surface area contributed by atoms with Gasteiger partial charge in [-0.15, -0.1) is 10.2 Å².